The van der Waals surface area contributed by atoms with Gasteiger partial charge in [-0.1, -0.05) is 58.5 Å². The summed E-state index contributed by atoms with van der Waals surface area (Å²) in [5.41, 5.74) is 2.15. The van der Waals surface area contributed by atoms with Gasteiger partial charge in [-0.15, -0.1) is 0 Å². The second-order valence-electron chi connectivity index (χ2n) is 4.81. The first-order valence-electron chi connectivity index (χ1n) is 6.52. The SMILES string of the molecule is Fc1ncc(-c2ccc(Cl)cc2Cl)cc1-c1ccc(Cl)cc1Cl. The van der Waals surface area contributed by atoms with E-state index in [1.807, 2.05) is 0 Å². The molecular weight excluding hydrogens is 379 g/mol. The maximum atomic E-state index is 14.2. The molecule has 0 radical (unpaired) electrons. The lowest BCUT2D eigenvalue weighted by molar-refractivity contribution is 0.588. The quantitative estimate of drug-likeness (QED) is 0.425. The lowest BCUT2D eigenvalue weighted by atomic mass is 10.0. The summed E-state index contributed by atoms with van der Waals surface area (Å²) in [6, 6.07) is 11.6. The largest absolute Gasteiger partial charge is 0.227 e. The van der Waals surface area contributed by atoms with Gasteiger partial charge in [0, 0.05) is 43.5 Å². The van der Waals surface area contributed by atoms with Gasteiger partial charge in [0.25, 0.3) is 0 Å². The molecule has 2 aromatic carbocycles. The summed E-state index contributed by atoms with van der Waals surface area (Å²) >= 11 is 24.2. The molecule has 3 aromatic rings. The predicted molar refractivity (Wildman–Crippen MR) is 95.1 cm³/mol. The van der Waals surface area contributed by atoms with E-state index in [0.717, 1.165) is 0 Å². The van der Waals surface area contributed by atoms with Crippen molar-refractivity contribution in [2.45, 2.75) is 0 Å². The first-order chi connectivity index (χ1) is 11.0. The molecule has 0 aliphatic rings. The van der Waals surface area contributed by atoms with E-state index in [1.54, 1.807) is 42.5 Å². The molecule has 0 spiro atoms. The Morgan fingerprint density at radius 1 is 0.696 bits per heavy atom. The standard InChI is InChI=1S/C17H8Cl4FN/c18-10-1-3-12(15(20)6-10)9-5-14(17(22)23-8-9)13-4-2-11(19)7-16(13)21/h1-8H. The molecule has 0 aliphatic carbocycles. The highest BCUT2D eigenvalue weighted by Gasteiger charge is 2.14. The van der Waals surface area contributed by atoms with E-state index in [0.29, 0.717) is 36.8 Å². The molecule has 6 heteroatoms. The van der Waals surface area contributed by atoms with Gasteiger partial charge in [0.05, 0.1) is 5.02 Å². The molecule has 0 amide bonds. The minimum Gasteiger partial charge on any atom is -0.227 e. The average Bonchev–Trinajstić information content (AvgIpc) is 2.49. The molecule has 0 aliphatic heterocycles. The van der Waals surface area contributed by atoms with Crippen molar-refractivity contribution in [1.29, 1.82) is 0 Å². The van der Waals surface area contributed by atoms with Crippen molar-refractivity contribution in [2.24, 2.45) is 0 Å². The van der Waals surface area contributed by atoms with Crippen molar-refractivity contribution < 1.29 is 4.39 Å². The molecule has 0 saturated carbocycles. The van der Waals surface area contributed by atoms with E-state index < -0.39 is 5.95 Å². The average molecular weight is 387 g/mol. The molecule has 0 fully saturated rings. The van der Waals surface area contributed by atoms with E-state index in [9.17, 15) is 4.39 Å². The number of benzene rings is 2. The Labute approximate surface area is 152 Å². The van der Waals surface area contributed by atoms with E-state index in [4.69, 9.17) is 46.4 Å². The number of halogens is 5. The van der Waals surface area contributed by atoms with Gasteiger partial charge in [-0.05, 0) is 30.3 Å². The zero-order valence-corrected chi connectivity index (χ0v) is 14.5. The Bertz CT molecular complexity index is 896. The van der Waals surface area contributed by atoms with Crippen LogP contribution in [0, 0.1) is 5.95 Å². The van der Waals surface area contributed by atoms with Crippen molar-refractivity contribution in [3.8, 4) is 22.3 Å². The number of rotatable bonds is 2. The van der Waals surface area contributed by atoms with Gasteiger partial charge >= 0.3 is 0 Å². The van der Waals surface area contributed by atoms with Gasteiger partial charge < -0.3 is 0 Å². The molecule has 1 aromatic heterocycles. The van der Waals surface area contributed by atoms with Crippen LogP contribution >= 0.6 is 46.4 Å². The number of aromatic nitrogens is 1. The Morgan fingerprint density at radius 2 is 1.26 bits per heavy atom. The summed E-state index contributed by atoms with van der Waals surface area (Å²) in [7, 11) is 0. The third-order valence-corrected chi connectivity index (χ3v) is 4.40. The molecular formula is C17H8Cl4FN. The summed E-state index contributed by atoms with van der Waals surface area (Å²) < 4.78 is 14.2. The summed E-state index contributed by atoms with van der Waals surface area (Å²) in [6.45, 7) is 0. The molecule has 1 heterocycles. The van der Waals surface area contributed by atoms with Crippen LogP contribution in [0.1, 0.15) is 0 Å². The molecule has 0 atom stereocenters. The second kappa shape index (κ2) is 6.66. The predicted octanol–water partition coefficient (Wildman–Crippen LogP) is 7.17. The Hall–Kier alpha value is -1.32. The third kappa shape index (κ3) is 3.46. The van der Waals surface area contributed by atoms with Crippen LogP contribution in [0.2, 0.25) is 20.1 Å². The Balaban J connectivity index is 2.16. The number of pyridine rings is 1. The van der Waals surface area contributed by atoms with Gasteiger partial charge in [0.1, 0.15) is 0 Å². The fourth-order valence-corrected chi connectivity index (χ4v) is 3.24. The number of nitrogens with zero attached hydrogens (tertiary/aromatic N) is 1. The molecule has 116 valence electrons. The van der Waals surface area contributed by atoms with Crippen molar-refractivity contribution in [2.75, 3.05) is 0 Å². The van der Waals surface area contributed by atoms with Crippen LogP contribution in [0.5, 0.6) is 0 Å². The second-order valence-corrected chi connectivity index (χ2v) is 6.50. The monoisotopic (exact) mass is 385 g/mol. The van der Waals surface area contributed by atoms with E-state index >= 15 is 0 Å². The number of hydrogen-bond donors (Lipinski definition) is 0. The highest BCUT2D eigenvalue weighted by Crippen LogP contribution is 2.36. The lowest BCUT2D eigenvalue weighted by Crippen LogP contribution is -1.92. The first kappa shape index (κ1) is 16.5. The van der Waals surface area contributed by atoms with E-state index in [1.165, 1.54) is 6.20 Å². The minimum atomic E-state index is -0.622. The van der Waals surface area contributed by atoms with E-state index in [2.05, 4.69) is 4.98 Å². The van der Waals surface area contributed by atoms with Crippen LogP contribution in [0.15, 0.2) is 48.7 Å². The molecule has 23 heavy (non-hydrogen) atoms. The van der Waals surface area contributed by atoms with Gasteiger partial charge in [-0.2, -0.15) is 4.39 Å². The topological polar surface area (TPSA) is 12.9 Å². The van der Waals surface area contributed by atoms with Gasteiger partial charge in [-0.25, -0.2) is 4.98 Å². The molecule has 0 saturated heterocycles. The fourth-order valence-electron chi connectivity index (χ4n) is 2.22. The highest BCUT2D eigenvalue weighted by atomic mass is 35.5. The zero-order valence-electron chi connectivity index (χ0n) is 11.5. The molecule has 0 bridgehead atoms. The fraction of sp³-hybridized carbons (Fsp3) is 0. The number of hydrogen-bond acceptors (Lipinski definition) is 1. The van der Waals surface area contributed by atoms with Crippen LogP contribution in [0.25, 0.3) is 22.3 Å². The summed E-state index contributed by atoms with van der Waals surface area (Å²) in [6.07, 6.45) is 1.41. The lowest BCUT2D eigenvalue weighted by Gasteiger charge is -2.10. The summed E-state index contributed by atoms with van der Waals surface area (Å²) in [5, 5.41) is 1.80. The van der Waals surface area contributed by atoms with Crippen LogP contribution in [0.4, 0.5) is 4.39 Å². The maximum absolute atomic E-state index is 14.2. The zero-order chi connectivity index (χ0) is 16.6. The molecule has 0 unspecified atom stereocenters. The Morgan fingerprint density at radius 3 is 1.83 bits per heavy atom. The summed E-state index contributed by atoms with van der Waals surface area (Å²) in [5.74, 6) is -0.622. The van der Waals surface area contributed by atoms with Crippen LogP contribution < -0.4 is 0 Å². The third-order valence-electron chi connectivity index (χ3n) is 3.30. The van der Waals surface area contributed by atoms with Crippen molar-refractivity contribution in [3.05, 3.63) is 74.7 Å². The molecule has 3 rings (SSSR count). The normalized spacial score (nSPS) is 10.8. The first-order valence-corrected chi connectivity index (χ1v) is 8.03. The summed E-state index contributed by atoms with van der Waals surface area (Å²) in [4.78, 5) is 3.81. The van der Waals surface area contributed by atoms with Gasteiger partial charge in [-0.3, -0.25) is 0 Å². The van der Waals surface area contributed by atoms with Crippen LogP contribution in [-0.2, 0) is 0 Å². The molecule has 0 N–H and O–H groups in total. The Kier molecular flexibility index (Phi) is 4.79. The van der Waals surface area contributed by atoms with Crippen molar-refractivity contribution in [1.82, 2.24) is 4.98 Å². The highest BCUT2D eigenvalue weighted by molar-refractivity contribution is 6.37. The van der Waals surface area contributed by atoms with Crippen LogP contribution in [-0.4, -0.2) is 4.98 Å². The van der Waals surface area contributed by atoms with Gasteiger partial charge in [0.15, 0.2) is 0 Å². The van der Waals surface area contributed by atoms with Crippen molar-refractivity contribution >= 4 is 46.4 Å². The van der Waals surface area contributed by atoms with E-state index in [-0.39, 0.29) is 5.56 Å². The minimum absolute atomic E-state index is 0.273. The smallest absolute Gasteiger partial charge is 0.220 e. The van der Waals surface area contributed by atoms with Gasteiger partial charge in [0.2, 0.25) is 5.95 Å². The van der Waals surface area contributed by atoms with Crippen LogP contribution in [0.3, 0.4) is 0 Å². The maximum Gasteiger partial charge on any atom is 0.220 e. The molecule has 1 nitrogen and oxygen atoms in total. The van der Waals surface area contributed by atoms with Crippen molar-refractivity contribution in [3.63, 3.8) is 0 Å².